The molecule has 0 aromatic heterocycles. The molecule has 1 aliphatic rings. The molecule has 86 valence electrons. The summed E-state index contributed by atoms with van der Waals surface area (Å²) in [5.74, 6) is 0.123. The summed E-state index contributed by atoms with van der Waals surface area (Å²) in [5.41, 5.74) is 7.44. The maximum Gasteiger partial charge on any atom is 0.122 e. The highest BCUT2D eigenvalue weighted by molar-refractivity contribution is 5.94. The molecule has 0 bridgehead atoms. The van der Waals surface area contributed by atoms with E-state index in [1.54, 1.807) is 0 Å². The Morgan fingerprint density at radius 3 is 2.44 bits per heavy atom. The van der Waals surface area contributed by atoms with Crippen molar-refractivity contribution in [2.45, 2.75) is 6.54 Å². The molecule has 1 aliphatic heterocycles. The van der Waals surface area contributed by atoms with E-state index < -0.39 is 0 Å². The van der Waals surface area contributed by atoms with Gasteiger partial charge in [-0.05, 0) is 5.56 Å². The zero-order chi connectivity index (χ0) is 11.4. The van der Waals surface area contributed by atoms with Gasteiger partial charge in [0.25, 0.3) is 0 Å². The Morgan fingerprint density at radius 1 is 1.25 bits per heavy atom. The molecule has 0 aliphatic carbocycles. The van der Waals surface area contributed by atoms with Crippen LogP contribution < -0.4 is 5.73 Å². The van der Waals surface area contributed by atoms with Gasteiger partial charge in [-0.1, -0.05) is 24.3 Å². The normalized spacial score (nSPS) is 17.2. The predicted molar refractivity (Wildman–Crippen MR) is 63.6 cm³/mol. The lowest BCUT2D eigenvalue weighted by atomic mass is 10.1. The second-order valence-corrected chi connectivity index (χ2v) is 4.00. The van der Waals surface area contributed by atoms with Crippen molar-refractivity contribution in [1.82, 2.24) is 4.90 Å². The number of benzene rings is 1. The molecule has 3 N–H and O–H groups in total. The third-order valence-corrected chi connectivity index (χ3v) is 2.77. The van der Waals surface area contributed by atoms with Crippen LogP contribution in [0.5, 0.6) is 0 Å². The molecule has 1 aromatic carbocycles. The highest BCUT2D eigenvalue weighted by Crippen LogP contribution is 2.08. The smallest absolute Gasteiger partial charge is 0.122 e. The maximum atomic E-state index is 7.31. The van der Waals surface area contributed by atoms with Gasteiger partial charge in [-0.15, -0.1) is 0 Å². The molecular formula is C12H17N3O. The van der Waals surface area contributed by atoms with Crippen molar-refractivity contribution in [2.75, 3.05) is 26.3 Å². The number of hydrogen-bond donors (Lipinski definition) is 2. The van der Waals surface area contributed by atoms with Crippen LogP contribution in [0.2, 0.25) is 0 Å². The summed E-state index contributed by atoms with van der Waals surface area (Å²) in [6.07, 6.45) is 0. The number of morpholine rings is 1. The van der Waals surface area contributed by atoms with E-state index in [-0.39, 0.29) is 5.84 Å². The molecular weight excluding hydrogens is 202 g/mol. The standard InChI is InChI=1S/C12H17N3O/c13-12(14)11-3-1-10(2-4-11)9-15-5-7-16-8-6-15/h1-4H,5-9H2,(H3,13,14). The number of nitrogens with zero attached hydrogens (tertiary/aromatic N) is 1. The number of hydrogen-bond acceptors (Lipinski definition) is 3. The molecule has 0 spiro atoms. The van der Waals surface area contributed by atoms with Gasteiger partial charge in [-0.25, -0.2) is 0 Å². The Hall–Kier alpha value is -1.39. The van der Waals surface area contributed by atoms with E-state index in [1.807, 2.05) is 24.3 Å². The molecule has 0 amide bonds. The minimum absolute atomic E-state index is 0.123. The minimum Gasteiger partial charge on any atom is -0.384 e. The number of nitrogens with two attached hydrogens (primary N) is 1. The van der Waals surface area contributed by atoms with Crippen molar-refractivity contribution < 1.29 is 4.74 Å². The Morgan fingerprint density at radius 2 is 1.88 bits per heavy atom. The van der Waals surface area contributed by atoms with Crippen molar-refractivity contribution in [2.24, 2.45) is 5.73 Å². The van der Waals surface area contributed by atoms with Gasteiger partial charge in [0.1, 0.15) is 5.84 Å². The Kier molecular flexibility index (Phi) is 3.54. The van der Waals surface area contributed by atoms with Crippen LogP contribution in [-0.4, -0.2) is 37.0 Å². The Balaban J connectivity index is 1.96. The number of nitrogens with one attached hydrogen (secondary N) is 1. The second-order valence-electron chi connectivity index (χ2n) is 4.00. The van der Waals surface area contributed by atoms with Gasteiger partial charge in [0.05, 0.1) is 13.2 Å². The van der Waals surface area contributed by atoms with Crippen molar-refractivity contribution in [1.29, 1.82) is 5.41 Å². The van der Waals surface area contributed by atoms with Gasteiger partial charge < -0.3 is 10.5 Å². The quantitative estimate of drug-likeness (QED) is 0.584. The molecule has 0 unspecified atom stereocenters. The van der Waals surface area contributed by atoms with Gasteiger partial charge in [0.2, 0.25) is 0 Å². The summed E-state index contributed by atoms with van der Waals surface area (Å²) in [5, 5.41) is 7.31. The first kappa shape index (κ1) is 11.1. The SMILES string of the molecule is N=C(N)c1ccc(CN2CCOCC2)cc1. The molecule has 16 heavy (non-hydrogen) atoms. The van der Waals surface area contributed by atoms with Crippen LogP contribution in [0.1, 0.15) is 11.1 Å². The van der Waals surface area contributed by atoms with E-state index in [2.05, 4.69) is 4.90 Å². The van der Waals surface area contributed by atoms with E-state index in [1.165, 1.54) is 5.56 Å². The Bertz CT molecular complexity index is 355. The van der Waals surface area contributed by atoms with Crippen LogP contribution in [0.15, 0.2) is 24.3 Å². The van der Waals surface area contributed by atoms with Gasteiger partial charge in [-0.3, -0.25) is 10.3 Å². The van der Waals surface area contributed by atoms with E-state index in [4.69, 9.17) is 15.9 Å². The molecule has 4 nitrogen and oxygen atoms in total. The third-order valence-electron chi connectivity index (χ3n) is 2.77. The van der Waals surface area contributed by atoms with Crippen LogP contribution in [-0.2, 0) is 11.3 Å². The molecule has 0 radical (unpaired) electrons. The largest absolute Gasteiger partial charge is 0.384 e. The minimum atomic E-state index is 0.123. The number of ether oxygens (including phenoxy) is 1. The summed E-state index contributed by atoms with van der Waals surface area (Å²) in [6, 6.07) is 7.87. The lowest BCUT2D eigenvalue weighted by Crippen LogP contribution is -2.35. The maximum absolute atomic E-state index is 7.31. The van der Waals surface area contributed by atoms with E-state index in [0.29, 0.717) is 0 Å². The van der Waals surface area contributed by atoms with Crippen molar-refractivity contribution >= 4 is 5.84 Å². The number of amidine groups is 1. The lowest BCUT2D eigenvalue weighted by Gasteiger charge is -2.26. The molecule has 1 fully saturated rings. The van der Waals surface area contributed by atoms with Crippen LogP contribution in [0.25, 0.3) is 0 Å². The molecule has 1 heterocycles. The average molecular weight is 219 g/mol. The van der Waals surface area contributed by atoms with Crippen LogP contribution in [0.3, 0.4) is 0 Å². The van der Waals surface area contributed by atoms with Crippen LogP contribution in [0.4, 0.5) is 0 Å². The number of nitrogen functional groups attached to an aromatic ring is 1. The van der Waals surface area contributed by atoms with Gasteiger partial charge in [-0.2, -0.15) is 0 Å². The average Bonchev–Trinajstić information content (AvgIpc) is 2.31. The molecule has 1 aromatic rings. The topological polar surface area (TPSA) is 62.3 Å². The molecule has 1 saturated heterocycles. The molecule has 0 saturated carbocycles. The predicted octanol–water partition coefficient (Wildman–Crippen LogP) is 0.803. The van der Waals surface area contributed by atoms with E-state index in [0.717, 1.165) is 38.4 Å². The zero-order valence-electron chi connectivity index (χ0n) is 9.28. The fourth-order valence-corrected chi connectivity index (χ4v) is 1.81. The van der Waals surface area contributed by atoms with Crippen molar-refractivity contribution in [3.8, 4) is 0 Å². The van der Waals surface area contributed by atoms with Crippen molar-refractivity contribution in [3.63, 3.8) is 0 Å². The lowest BCUT2D eigenvalue weighted by molar-refractivity contribution is 0.0342. The number of rotatable bonds is 3. The summed E-state index contributed by atoms with van der Waals surface area (Å²) >= 11 is 0. The van der Waals surface area contributed by atoms with E-state index in [9.17, 15) is 0 Å². The Labute approximate surface area is 95.5 Å². The first-order chi connectivity index (χ1) is 7.75. The van der Waals surface area contributed by atoms with Gasteiger partial charge >= 0.3 is 0 Å². The zero-order valence-corrected chi connectivity index (χ0v) is 9.28. The highest BCUT2D eigenvalue weighted by atomic mass is 16.5. The van der Waals surface area contributed by atoms with Gasteiger partial charge in [0, 0.05) is 25.2 Å². The first-order valence-electron chi connectivity index (χ1n) is 5.49. The first-order valence-corrected chi connectivity index (χ1v) is 5.49. The summed E-state index contributed by atoms with van der Waals surface area (Å²) in [4.78, 5) is 2.37. The van der Waals surface area contributed by atoms with Crippen molar-refractivity contribution in [3.05, 3.63) is 35.4 Å². The monoisotopic (exact) mass is 219 g/mol. The highest BCUT2D eigenvalue weighted by Gasteiger charge is 2.10. The second kappa shape index (κ2) is 5.09. The fraction of sp³-hybridized carbons (Fsp3) is 0.417. The summed E-state index contributed by atoms with van der Waals surface area (Å²) < 4.78 is 5.30. The summed E-state index contributed by atoms with van der Waals surface area (Å²) in [6.45, 7) is 4.58. The van der Waals surface area contributed by atoms with E-state index >= 15 is 0 Å². The van der Waals surface area contributed by atoms with Gasteiger partial charge in [0.15, 0.2) is 0 Å². The fourth-order valence-electron chi connectivity index (χ4n) is 1.81. The summed E-state index contributed by atoms with van der Waals surface area (Å²) in [7, 11) is 0. The molecule has 2 rings (SSSR count). The van der Waals surface area contributed by atoms with Crippen LogP contribution >= 0.6 is 0 Å². The molecule has 0 atom stereocenters. The third kappa shape index (κ3) is 2.81. The molecule has 4 heteroatoms. The van der Waals surface area contributed by atoms with Crippen LogP contribution in [0, 0.1) is 5.41 Å².